The van der Waals surface area contributed by atoms with Gasteiger partial charge in [-0.25, -0.2) is 4.98 Å². The summed E-state index contributed by atoms with van der Waals surface area (Å²) in [7, 11) is 1.83. The zero-order chi connectivity index (χ0) is 17.9. The molecular formula is C18H22N4O3. The highest BCUT2D eigenvalue weighted by Crippen LogP contribution is 2.49. The van der Waals surface area contributed by atoms with Crippen LogP contribution in [0.4, 0.5) is 0 Å². The van der Waals surface area contributed by atoms with Gasteiger partial charge in [-0.1, -0.05) is 6.42 Å². The fourth-order valence-corrected chi connectivity index (χ4v) is 4.61. The summed E-state index contributed by atoms with van der Waals surface area (Å²) in [4.78, 5) is 31.2. The molecule has 3 heterocycles. The van der Waals surface area contributed by atoms with Crippen molar-refractivity contribution in [2.24, 2.45) is 18.4 Å². The van der Waals surface area contributed by atoms with E-state index in [1.807, 2.05) is 27.0 Å². The summed E-state index contributed by atoms with van der Waals surface area (Å²) in [6, 6.07) is 1.85. The lowest BCUT2D eigenvalue weighted by Crippen LogP contribution is -2.37. The fourth-order valence-electron chi connectivity index (χ4n) is 4.61. The molecule has 2 aliphatic rings. The van der Waals surface area contributed by atoms with Crippen molar-refractivity contribution in [1.82, 2.24) is 19.7 Å². The Morgan fingerprint density at radius 3 is 2.76 bits per heavy atom. The monoisotopic (exact) mass is 342 g/mol. The predicted octanol–water partition coefficient (Wildman–Crippen LogP) is 1.91. The second-order valence-electron chi connectivity index (χ2n) is 7.44. The Morgan fingerprint density at radius 1 is 1.32 bits per heavy atom. The molecule has 25 heavy (non-hydrogen) atoms. The Hall–Kier alpha value is -2.44. The third-order valence-electron chi connectivity index (χ3n) is 6.00. The number of hydrogen-bond donors (Lipinski definition) is 1. The molecular weight excluding hydrogens is 320 g/mol. The standard InChI is InChI=1S/C18H22N4O3/c1-10-14(7-13-11(2)20-21(3)15(13)19-10)16(23)22-8-12-5-4-6-18(12,9-22)17(24)25/h7,12H,4-6,8-9H2,1-3H3,(H,24,25)/t12-,18+/m0/s1. The average Bonchev–Trinajstić information content (AvgIpc) is 3.18. The maximum atomic E-state index is 13.1. The Balaban J connectivity index is 1.70. The molecule has 7 heteroatoms. The Morgan fingerprint density at radius 2 is 2.08 bits per heavy atom. The lowest BCUT2D eigenvalue weighted by atomic mass is 9.81. The number of aliphatic carboxylic acids is 1. The second-order valence-corrected chi connectivity index (χ2v) is 7.44. The van der Waals surface area contributed by atoms with Crippen LogP contribution >= 0.6 is 0 Å². The van der Waals surface area contributed by atoms with Crippen LogP contribution < -0.4 is 0 Å². The molecule has 2 fully saturated rings. The molecule has 0 radical (unpaired) electrons. The molecule has 2 aromatic rings. The lowest BCUT2D eigenvalue weighted by molar-refractivity contribution is -0.149. The van der Waals surface area contributed by atoms with Crippen molar-refractivity contribution >= 4 is 22.9 Å². The molecule has 1 saturated carbocycles. The molecule has 132 valence electrons. The van der Waals surface area contributed by atoms with Gasteiger partial charge in [-0.15, -0.1) is 0 Å². The van der Waals surface area contributed by atoms with Crippen molar-refractivity contribution in [2.75, 3.05) is 13.1 Å². The van der Waals surface area contributed by atoms with Crippen molar-refractivity contribution in [1.29, 1.82) is 0 Å². The summed E-state index contributed by atoms with van der Waals surface area (Å²) >= 11 is 0. The summed E-state index contributed by atoms with van der Waals surface area (Å²) in [6.07, 6.45) is 2.48. The fraction of sp³-hybridized carbons (Fsp3) is 0.556. The van der Waals surface area contributed by atoms with Gasteiger partial charge in [0, 0.05) is 25.5 Å². The number of rotatable bonds is 2. The minimum absolute atomic E-state index is 0.0612. The van der Waals surface area contributed by atoms with Gasteiger partial charge < -0.3 is 10.0 Å². The molecule has 1 aliphatic carbocycles. The molecule has 1 N–H and O–H groups in total. The predicted molar refractivity (Wildman–Crippen MR) is 91.3 cm³/mol. The van der Waals surface area contributed by atoms with E-state index in [1.165, 1.54) is 0 Å². The van der Waals surface area contributed by atoms with Crippen LogP contribution in [0.5, 0.6) is 0 Å². The molecule has 1 amide bonds. The van der Waals surface area contributed by atoms with Gasteiger partial charge in [0.2, 0.25) is 0 Å². The van der Waals surface area contributed by atoms with Gasteiger partial charge in [-0.3, -0.25) is 14.3 Å². The number of carboxylic acids is 1. The van der Waals surface area contributed by atoms with Gasteiger partial charge in [-0.05, 0) is 38.7 Å². The van der Waals surface area contributed by atoms with Crippen LogP contribution in [0.2, 0.25) is 0 Å². The first-order valence-electron chi connectivity index (χ1n) is 8.67. The minimum Gasteiger partial charge on any atom is -0.481 e. The van der Waals surface area contributed by atoms with E-state index in [0.29, 0.717) is 30.8 Å². The molecule has 0 bridgehead atoms. The highest BCUT2D eigenvalue weighted by molar-refractivity contribution is 5.99. The van der Waals surface area contributed by atoms with E-state index in [0.717, 1.165) is 29.6 Å². The third kappa shape index (κ3) is 2.18. The first kappa shape index (κ1) is 16.1. The molecule has 2 atom stereocenters. The van der Waals surface area contributed by atoms with Crippen LogP contribution in [-0.4, -0.2) is 49.7 Å². The largest absolute Gasteiger partial charge is 0.481 e. The number of fused-ring (bicyclic) bond motifs is 2. The Kier molecular flexibility index (Phi) is 3.39. The van der Waals surface area contributed by atoms with Crippen molar-refractivity contribution in [3.8, 4) is 0 Å². The zero-order valence-corrected chi connectivity index (χ0v) is 14.7. The first-order valence-corrected chi connectivity index (χ1v) is 8.67. The van der Waals surface area contributed by atoms with Gasteiger partial charge in [0.1, 0.15) is 0 Å². The third-order valence-corrected chi connectivity index (χ3v) is 6.00. The quantitative estimate of drug-likeness (QED) is 0.901. The maximum Gasteiger partial charge on any atom is 0.311 e. The molecule has 1 aliphatic heterocycles. The number of likely N-dealkylation sites (tertiary alicyclic amines) is 1. The average molecular weight is 342 g/mol. The van der Waals surface area contributed by atoms with E-state index in [2.05, 4.69) is 10.1 Å². The number of aryl methyl sites for hydroxylation is 3. The summed E-state index contributed by atoms with van der Waals surface area (Å²) in [5, 5.41) is 14.9. The number of pyridine rings is 1. The summed E-state index contributed by atoms with van der Waals surface area (Å²) in [5.41, 5.74) is 2.03. The van der Waals surface area contributed by atoms with Crippen molar-refractivity contribution in [3.05, 3.63) is 23.0 Å². The molecule has 7 nitrogen and oxygen atoms in total. The van der Waals surface area contributed by atoms with Gasteiger partial charge >= 0.3 is 5.97 Å². The molecule has 4 rings (SSSR count). The van der Waals surface area contributed by atoms with Gasteiger partial charge in [0.15, 0.2) is 5.65 Å². The molecule has 0 spiro atoms. The van der Waals surface area contributed by atoms with Gasteiger partial charge in [0.25, 0.3) is 5.91 Å². The first-order chi connectivity index (χ1) is 11.8. The highest BCUT2D eigenvalue weighted by Gasteiger charge is 2.55. The second kappa shape index (κ2) is 5.28. The normalized spacial score (nSPS) is 25.6. The molecule has 0 aromatic carbocycles. The van der Waals surface area contributed by atoms with Crippen LogP contribution in [0.25, 0.3) is 11.0 Å². The zero-order valence-electron chi connectivity index (χ0n) is 14.7. The van der Waals surface area contributed by atoms with Crippen molar-refractivity contribution in [3.63, 3.8) is 0 Å². The maximum absolute atomic E-state index is 13.1. The number of amides is 1. The topological polar surface area (TPSA) is 88.3 Å². The SMILES string of the molecule is Cc1nc2c(cc1C(=O)N1C[C@@H]3CCC[C@@]3(C(=O)O)C1)c(C)nn2C. The van der Waals surface area contributed by atoms with E-state index < -0.39 is 11.4 Å². The highest BCUT2D eigenvalue weighted by atomic mass is 16.4. The number of aromatic nitrogens is 3. The Labute approximate surface area is 145 Å². The number of carboxylic acid groups (broad SMARTS) is 1. The summed E-state index contributed by atoms with van der Waals surface area (Å²) < 4.78 is 1.71. The summed E-state index contributed by atoms with van der Waals surface area (Å²) in [5.74, 6) is -0.824. The molecule has 0 unspecified atom stereocenters. The van der Waals surface area contributed by atoms with Crippen LogP contribution in [0.3, 0.4) is 0 Å². The molecule has 2 aromatic heterocycles. The number of nitrogens with zero attached hydrogens (tertiary/aromatic N) is 4. The van der Waals surface area contributed by atoms with E-state index in [-0.39, 0.29) is 11.8 Å². The lowest BCUT2D eigenvalue weighted by Gasteiger charge is -2.23. The minimum atomic E-state index is -0.765. The van der Waals surface area contributed by atoms with Crippen LogP contribution in [-0.2, 0) is 11.8 Å². The van der Waals surface area contributed by atoms with Crippen molar-refractivity contribution < 1.29 is 14.7 Å². The van der Waals surface area contributed by atoms with E-state index in [4.69, 9.17) is 0 Å². The Bertz CT molecular complexity index is 903. The van der Waals surface area contributed by atoms with Crippen LogP contribution in [0.15, 0.2) is 6.07 Å². The number of hydrogen-bond acceptors (Lipinski definition) is 4. The van der Waals surface area contributed by atoms with E-state index in [1.54, 1.807) is 9.58 Å². The smallest absolute Gasteiger partial charge is 0.311 e. The van der Waals surface area contributed by atoms with Gasteiger partial charge in [-0.2, -0.15) is 5.10 Å². The van der Waals surface area contributed by atoms with E-state index in [9.17, 15) is 14.7 Å². The van der Waals surface area contributed by atoms with Gasteiger partial charge in [0.05, 0.1) is 22.4 Å². The molecule has 1 saturated heterocycles. The van der Waals surface area contributed by atoms with Crippen LogP contribution in [0.1, 0.15) is 41.0 Å². The van der Waals surface area contributed by atoms with Crippen LogP contribution in [0, 0.1) is 25.2 Å². The number of carbonyl (C=O) groups excluding carboxylic acids is 1. The van der Waals surface area contributed by atoms with Crippen molar-refractivity contribution in [2.45, 2.75) is 33.1 Å². The number of carbonyl (C=O) groups is 2. The summed E-state index contributed by atoms with van der Waals surface area (Å²) in [6.45, 7) is 4.54. The van der Waals surface area contributed by atoms with E-state index >= 15 is 0 Å².